The van der Waals surface area contributed by atoms with Crippen molar-refractivity contribution in [3.05, 3.63) is 21.9 Å². The molecule has 1 N–H and O–H groups in total. The van der Waals surface area contributed by atoms with Gasteiger partial charge in [-0.05, 0) is 43.7 Å². The molecule has 6 heteroatoms. The number of hydrogen-bond donors (Lipinski definition) is 1. The molecule has 2 atom stereocenters. The second-order valence-electron chi connectivity index (χ2n) is 10.5. The van der Waals surface area contributed by atoms with Gasteiger partial charge in [-0.3, -0.25) is 9.69 Å². The third kappa shape index (κ3) is 4.30. The molecular formula is C26H42N3O2S+. The van der Waals surface area contributed by atoms with E-state index in [1.165, 1.54) is 29.0 Å². The van der Waals surface area contributed by atoms with Crippen LogP contribution in [-0.4, -0.2) is 59.5 Å². The number of carbonyl (C=O) groups excluding carboxylic acids is 2. The number of piperazine rings is 1. The van der Waals surface area contributed by atoms with E-state index in [-0.39, 0.29) is 17.9 Å². The Morgan fingerprint density at radius 2 is 1.78 bits per heavy atom. The zero-order valence-corrected chi connectivity index (χ0v) is 21.1. The van der Waals surface area contributed by atoms with Crippen LogP contribution in [0.15, 0.2) is 12.1 Å². The maximum atomic E-state index is 14.0. The highest BCUT2D eigenvalue weighted by atomic mass is 32.1. The predicted molar refractivity (Wildman–Crippen MR) is 130 cm³/mol. The second-order valence-corrected chi connectivity index (χ2v) is 11.7. The van der Waals surface area contributed by atoms with E-state index in [0.717, 1.165) is 71.1 Å². The van der Waals surface area contributed by atoms with Gasteiger partial charge in [0.15, 0.2) is 5.54 Å². The molecule has 5 nitrogen and oxygen atoms in total. The lowest BCUT2D eigenvalue weighted by atomic mass is 9.75. The van der Waals surface area contributed by atoms with E-state index in [9.17, 15) is 9.59 Å². The van der Waals surface area contributed by atoms with Gasteiger partial charge < -0.3 is 5.32 Å². The van der Waals surface area contributed by atoms with Crippen LogP contribution in [0.25, 0.3) is 0 Å². The van der Waals surface area contributed by atoms with Crippen LogP contribution in [0, 0.1) is 5.92 Å². The van der Waals surface area contributed by atoms with Gasteiger partial charge in [0.25, 0.3) is 5.91 Å². The summed E-state index contributed by atoms with van der Waals surface area (Å²) < 4.78 is 0.320. The highest BCUT2D eigenvalue weighted by molar-refractivity contribution is 7.11. The van der Waals surface area contributed by atoms with Crippen molar-refractivity contribution in [1.29, 1.82) is 0 Å². The predicted octanol–water partition coefficient (Wildman–Crippen LogP) is 4.50. The molecule has 32 heavy (non-hydrogen) atoms. The molecule has 1 aromatic rings. The van der Waals surface area contributed by atoms with Gasteiger partial charge in [0, 0.05) is 42.2 Å². The van der Waals surface area contributed by atoms with Gasteiger partial charge in [-0.25, -0.2) is 9.28 Å². The van der Waals surface area contributed by atoms with Crippen molar-refractivity contribution < 1.29 is 14.1 Å². The van der Waals surface area contributed by atoms with Crippen LogP contribution >= 0.6 is 11.3 Å². The lowest BCUT2D eigenvalue weighted by Gasteiger charge is -2.55. The molecule has 1 saturated carbocycles. The van der Waals surface area contributed by atoms with Gasteiger partial charge in [0.1, 0.15) is 6.04 Å². The van der Waals surface area contributed by atoms with Crippen LogP contribution in [0.2, 0.25) is 0 Å². The molecule has 2 saturated heterocycles. The number of nitrogens with zero attached hydrogens (tertiary/aromatic N) is 2. The average Bonchev–Trinajstić information content (AvgIpc) is 3.28. The van der Waals surface area contributed by atoms with Gasteiger partial charge in [-0.15, -0.1) is 11.3 Å². The number of likely N-dealkylation sites (tertiary alicyclic amines) is 1. The molecule has 0 radical (unpaired) electrons. The van der Waals surface area contributed by atoms with Crippen LogP contribution in [0.1, 0.15) is 81.4 Å². The Morgan fingerprint density at radius 1 is 1.09 bits per heavy atom. The molecule has 3 aliphatic rings. The van der Waals surface area contributed by atoms with Crippen LogP contribution < -0.4 is 5.32 Å². The third-order valence-electron chi connectivity index (χ3n) is 8.61. The van der Waals surface area contributed by atoms with E-state index in [0.29, 0.717) is 10.4 Å². The molecular weight excluding hydrogens is 418 g/mol. The fourth-order valence-corrected chi connectivity index (χ4v) is 7.38. The summed E-state index contributed by atoms with van der Waals surface area (Å²) in [6.45, 7) is 7.90. The Hall–Kier alpha value is -1.24. The van der Waals surface area contributed by atoms with Gasteiger partial charge in [-0.1, -0.05) is 39.5 Å². The van der Waals surface area contributed by atoms with Gasteiger partial charge in [0.2, 0.25) is 0 Å². The van der Waals surface area contributed by atoms with Crippen LogP contribution in [0.4, 0.5) is 0 Å². The Kier molecular flexibility index (Phi) is 7.43. The van der Waals surface area contributed by atoms with E-state index < -0.39 is 5.54 Å². The van der Waals surface area contributed by atoms with Crippen LogP contribution in [-0.2, 0) is 22.6 Å². The summed E-state index contributed by atoms with van der Waals surface area (Å²) in [5, 5.41) is 3.28. The van der Waals surface area contributed by atoms with Gasteiger partial charge in [0.05, 0.1) is 13.6 Å². The fourth-order valence-electron chi connectivity index (χ4n) is 6.38. The van der Waals surface area contributed by atoms with Crippen molar-refractivity contribution in [2.45, 2.75) is 96.2 Å². The first kappa shape index (κ1) is 23.9. The number of thiophene rings is 1. The minimum Gasteiger partial charge on any atom is -0.335 e. The molecule has 3 fully saturated rings. The summed E-state index contributed by atoms with van der Waals surface area (Å²) in [4.78, 5) is 33.1. The van der Waals surface area contributed by atoms with Crippen molar-refractivity contribution in [1.82, 2.24) is 10.2 Å². The summed E-state index contributed by atoms with van der Waals surface area (Å²) in [7, 11) is 2.09. The van der Waals surface area contributed by atoms with E-state index in [1.54, 1.807) is 0 Å². The summed E-state index contributed by atoms with van der Waals surface area (Å²) in [6, 6.07) is 4.20. The number of aryl methyl sites for hydroxylation is 1. The molecule has 2 aliphatic heterocycles. The van der Waals surface area contributed by atoms with E-state index >= 15 is 0 Å². The summed E-state index contributed by atoms with van der Waals surface area (Å²) >= 11 is 1.90. The highest BCUT2D eigenvalue weighted by Crippen LogP contribution is 2.41. The topological polar surface area (TPSA) is 49.4 Å². The van der Waals surface area contributed by atoms with Gasteiger partial charge in [-0.2, -0.15) is 0 Å². The highest BCUT2D eigenvalue weighted by Gasteiger charge is 2.64. The molecule has 3 heterocycles. The van der Waals surface area contributed by atoms with Crippen LogP contribution in [0.3, 0.4) is 0 Å². The molecule has 0 bridgehead atoms. The smallest absolute Gasteiger partial charge is 0.335 e. The quantitative estimate of drug-likeness (QED) is 0.610. The zero-order chi connectivity index (χ0) is 22.8. The molecule has 1 spiro atoms. The number of carbonyl (C=O) groups is 2. The molecule has 0 aromatic carbocycles. The molecule has 2 unspecified atom stereocenters. The number of rotatable bonds is 7. The first-order valence-corrected chi connectivity index (χ1v) is 13.8. The first-order chi connectivity index (χ1) is 15.4. The fraction of sp³-hybridized carbons (Fsp3) is 0.769. The summed E-state index contributed by atoms with van der Waals surface area (Å²) in [5.41, 5.74) is -0.599. The summed E-state index contributed by atoms with van der Waals surface area (Å²) in [6.07, 6.45) is 10.5. The number of hydrogen-bond acceptors (Lipinski definition) is 4. The number of likely N-dealkylation sites (N-methyl/N-ethyl adjacent to an activating group) is 1. The molecule has 1 aromatic heterocycles. The van der Waals surface area contributed by atoms with E-state index in [1.807, 2.05) is 11.3 Å². The van der Waals surface area contributed by atoms with Crippen molar-refractivity contribution >= 4 is 23.2 Å². The average molecular weight is 461 g/mol. The molecule has 178 valence electrons. The van der Waals surface area contributed by atoms with E-state index in [4.69, 9.17) is 0 Å². The molecule has 1 aliphatic carbocycles. The second kappa shape index (κ2) is 9.94. The van der Waals surface area contributed by atoms with Crippen molar-refractivity contribution in [2.24, 2.45) is 5.92 Å². The number of nitrogens with one attached hydrogen (secondary N) is 1. The minimum atomic E-state index is -0.599. The molecule has 2 amide bonds. The number of unbranched alkanes of at least 4 members (excludes halogenated alkanes) is 1. The van der Waals surface area contributed by atoms with Crippen molar-refractivity contribution in [2.75, 3.05) is 26.7 Å². The van der Waals surface area contributed by atoms with Gasteiger partial charge >= 0.3 is 5.91 Å². The minimum absolute atomic E-state index is 0.148. The SMILES string of the molecule is CCCC[N+]1(C)C(=O)C(C2CCCCC2)NC(=O)C12CCN(Cc1ccc(CC)s1)CC2. The maximum Gasteiger partial charge on any atom is 0.337 e. The molecule has 4 rings (SSSR count). The number of piperidine rings is 1. The lowest BCUT2D eigenvalue weighted by Crippen LogP contribution is -2.81. The third-order valence-corrected chi connectivity index (χ3v) is 9.83. The Bertz CT molecular complexity index is 808. The zero-order valence-electron chi connectivity index (χ0n) is 20.3. The lowest BCUT2D eigenvalue weighted by molar-refractivity contribution is -0.883. The Balaban J connectivity index is 1.52. The van der Waals surface area contributed by atoms with E-state index in [2.05, 4.69) is 43.2 Å². The number of quaternary nitrogens is 1. The monoisotopic (exact) mass is 460 g/mol. The van der Waals surface area contributed by atoms with Crippen molar-refractivity contribution in [3.8, 4) is 0 Å². The maximum absolute atomic E-state index is 14.0. The Morgan fingerprint density at radius 3 is 2.41 bits per heavy atom. The number of amides is 2. The summed E-state index contributed by atoms with van der Waals surface area (Å²) in [5.74, 6) is 0.753. The first-order valence-electron chi connectivity index (χ1n) is 12.9. The van der Waals surface area contributed by atoms with Crippen LogP contribution in [0.5, 0.6) is 0 Å². The largest absolute Gasteiger partial charge is 0.337 e. The van der Waals surface area contributed by atoms with Crippen molar-refractivity contribution in [3.63, 3.8) is 0 Å². The standard InChI is InChI=1S/C26H41N3O2S/c1-4-6-18-29(3)24(30)23(20-10-8-7-9-11-20)27-25(31)26(29)14-16-28(17-15-26)19-22-13-12-21(5-2)32-22/h12-13,20,23H,4-11,14-19H2,1-3H3/p+1. The Labute approximate surface area is 198 Å². The normalized spacial score (nSPS) is 29.4.